The number of carboxylic acids is 2. The third-order valence-electron chi connectivity index (χ3n) is 0.183. The molecule has 0 aliphatic carbocycles. The molecule has 0 fully saturated rings. The molecular formula is C2H4NO4Zn. The molecule has 0 aromatic carbocycles. The van der Waals surface area contributed by atoms with Crippen molar-refractivity contribution in [3.8, 4) is 0 Å². The fourth-order valence-corrected chi connectivity index (χ4v) is 0. The van der Waals surface area contributed by atoms with Gasteiger partial charge in [0.15, 0.2) is 0 Å². The molecule has 0 rings (SSSR count). The molecule has 0 saturated heterocycles. The Morgan fingerprint density at radius 2 is 1.25 bits per heavy atom. The van der Waals surface area contributed by atoms with E-state index in [1.165, 1.54) is 0 Å². The molecular weight excluding hydrogens is 167 g/mol. The summed E-state index contributed by atoms with van der Waals surface area (Å²) in [4.78, 5) is 18.2. The Balaban J connectivity index is 0. The van der Waals surface area contributed by atoms with Crippen molar-refractivity contribution in [2.24, 2.45) is 4.48 Å². The molecule has 6 heteroatoms. The summed E-state index contributed by atoms with van der Waals surface area (Å²) < 4.78 is 4.62. The van der Waals surface area contributed by atoms with Crippen molar-refractivity contribution in [3.63, 3.8) is 0 Å². The van der Waals surface area contributed by atoms with Gasteiger partial charge in [-0.05, 0) is 0 Å². The molecule has 0 unspecified atom stereocenters. The molecule has 0 aromatic rings. The van der Waals surface area contributed by atoms with E-state index >= 15 is 0 Å². The van der Waals surface area contributed by atoms with E-state index in [0.29, 0.717) is 0 Å². The van der Waals surface area contributed by atoms with Crippen LogP contribution in [-0.2, 0) is 28.1 Å². The van der Waals surface area contributed by atoms with Crippen LogP contribution < -0.4 is 4.48 Å². The van der Waals surface area contributed by atoms with Gasteiger partial charge in [0.2, 0.25) is 0 Å². The second kappa shape index (κ2) is 6.52. The number of carboxylic acid groups (broad SMARTS) is 2. The van der Waals surface area contributed by atoms with E-state index < -0.39 is 11.9 Å². The van der Waals surface area contributed by atoms with Crippen LogP contribution in [0.2, 0.25) is 0 Å². The number of hydrogen-bond donors (Lipinski definition) is 3. The van der Waals surface area contributed by atoms with E-state index in [1.807, 2.05) is 0 Å². The standard InChI is InChI=1S/C2H2O4.H2N.Zn/c3-1(4)2(5)6;;/h(H,3,4)(H,5,6);1H2;/q;-1;+1. The first-order chi connectivity index (χ1) is 3.64. The Labute approximate surface area is 55.4 Å². The van der Waals surface area contributed by atoms with Gasteiger partial charge in [-0.25, -0.2) is 9.59 Å². The minimum atomic E-state index is -1.82. The maximum absolute atomic E-state index is 9.10. The number of carbonyl (C=O) groups is 2. The van der Waals surface area contributed by atoms with E-state index in [9.17, 15) is 0 Å². The maximum atomic E-state index is 9.10. The van der Waals surface area contributed by atoms with E-state index in [4.69, 9.17) is 19.8 Å². The normalized spacial score (nSPS) is 6.38. The van der Waals surface area contributed by atoms with Crippen LogP contribution in [0.15, 0.2) is 0 Å². The zero-order chi connectivity index (χ0) is 7.15. The summed E-state index contributed by atoms with van der Waals surface area (Å²) in [6.07, 6.45) is 0. The Hall–Kier alpha value is -0.477. The average Bonchev–Trinajstić information content (AvgIpc) is 1.72. The Kier molecular flexibility index (Phi) is 8.56. The van der Waals surface area contributed by atoms with Crippen molar-refractivity contribution in [2.75, 3.05) is 0 Å². The molecule has 0 aliphatic heterocycles. The van der Waals surface area contributed by atoms with Crippen LogP contribution in [0.25, 0.3) is 0 Å². The Morgan fingerprint density at radius 3 is 1.25 bits per heavy atom. The van der Waals surface area contributed by atoms with Gasteiger partial charge in [0.25, 0.3) is 0 Å². The van der Waals surface area contributed by atoms with Crippen LogP contribution in [0.4, 0.5) is 0 Å². The zero-order valence-corrected chi connectivity index (χ0v) is 6.96. The average molecular weight is 171 g/mol. The minimum absolute atomic E-state index is 0.875. The van der Waals surface area contributed by atoms with Crippen LogP contribution in [0.1, 0.15) is 0 Å². The van der Waals surface area contributed by atoms with E-state index in [0.717, 1.165) is 18.5 Å². The first-order valence-corrected chi connectivity index (χ1v) is 3.23. The molecule has 8 heavy (non-hydrogen) atoms. The molecule has 0 aromatic heterocycles. The number of aliphatic carboxylic acids is 2. The summed E-state index contributed by atoms with van der Waals surface area (Å²) in [6.45, 7) is 0. The van der Waals surface area contributed by atoms with Crippen molar-refractivity contribution >= 4 is 11.9 Å². The van der Waals surface area contributed by atoms with Crippen LogP contribution >= 0.6 is 0 Å². The third-order valence-corrected chi connectivity index (χ3v) is 0.183. The van der Waals surface area contributed by atoms with E-state index in [-0.39, 0.29) is 0 Å². The molecule has 0 heterocycles. The predicted octanol–water partition coefficient (Wildman–Crippen LogP) is -1.44. The van der Waals surface area contributed by atoms with Crippen molar-refractivity contribution in [2.45, 2.75) is 0 Å². The van der Waals surface area contributed by atoms with Crippen molar-refractivity contribution in [1.82, 2.24) is 0 Å². The van der Waals surface area contributed by atoms with Gasteiger partial charge < -0.3 is 10.2 Å². The van der Waals surface area contributed by atoms with Gasteiger partial charge in [-0.15, -0.1) is 0 Å². The van der Waals surface area contributed by atoms with Crippen LogP contribution in [0, 0.1) is 0 Å². The molecule has 0 aliphatic rings. The second-order valence-electron chi connectivity index (χ2n) is 0.610. The SMILES string of the molecule is O=C(O)C(=O)O.[NH2][Zn]. The quantitative estimate of drug-likeness (QED) is 0.306. The fourth-order valence-electron chi connectivity index (χ4n) is 0. The number of hydrogen-bond acceptors (Lipinski definition) is 3. The van der Waals surface area contributed by atoms with Crippen LogP contribution in [0.3, 0.4) is 0 Å². The first kappa shape index (κ1) is 10.5. The van der Waals surface area contributed by atoms with Gasteiger partial charge >= 0.3 is 35.0 Å². The Bertz CT molecular complexity index is 80.0. The second-order valence-corrected chi connectivity index (χ2v) is 0.610. The fraction of sp³-hybridized carbons (Fsp3) is 0. The molecule has 0 saturated carbocycles. The van der Waals surface area contributed by atoms with Gasteiger partial charge in [-0.2, -0.15) is 0 Å². The van der Waals surface area contributed by atoms with Gasteiger partial charge in [0.05, 0.1) is 0 Å². The third kappa shape index (κ3) is 9.10. The van der Waals surface area contributed by atoms with Crippen LogP contribution in [-0.4, -0.2) is 22.2 Å². The molecule has 0 amide bonds. The molecule has 43 valence electrons. The first-order valence-electron chi connectivity index (χ1n) is 1.51. The molecule has 4 N–H and O–H groups in total. The summed E-state index contributed by atoms with van der Waals surface area (Å²) in [7, 11) is 0. The summed E-state index contributed by atoms with van der Waals surface area (Å²) >= 11 is 0.875. The van der Waals surface area contributed by atoms with Crippen molar-refractivity contribution in [3.05, 3.63) is 0 Å². The molecule has 0 radical (unpaired) electrons. The number of rotatable bonds is 0. The molecule has 0 bridgehead atoms. The molecule has 0 atom stereocenters. The van der Waals surface area contributed by atoms with Gasteiger partial charge in [0, 0.05) is 0 Å². The van der Waals surface area contributed by atoms with Gasteiger partial charge in [-0.3, -0.25) is 0 Å². The van der Waals surface area contributed by atoms with Crippen molar-refractivity contribution in [1.29, 1.82) is 0 Å². The van der Waals surface area contributed by atoms with Gasteiger partial charge in [0.1, 0.15) is 0 Å². The summed E-state index contributed by atoms with van der Waals surface area (Å²) in [5.74, 6) is -3.65. The summed E-state index contributed by atoms with van der Waals surface area (Å²) in [5, 5.41) is 14.8. The zero-order valence-electron chi connectivity index (χ0n) is 4.00. The van der Waals surface area contributed by atoms with Gasteiger partial charge in [-0.1, -0.05) is 0 Å². The topological polar surface area (TPSA) is 101 Å². The summed E-state index contributed by atoms with van der Waals surface area (Å²) in [6, 6.07) is 0. The van der Waals surface area contributed by atoms with E-state index in [1.54, 1.807) is 0 Å². The molecule has 5 nitrogen and oxygen atoms in total. The monoisotopic (exact) mass is 170 g/mol. The molecule has 0 spiro atoms. The van der Waals surface area contributed by atoms with Crippen molar-refractivity contribution < 1.29 is 38.3 Å². The predicted molar refractivity (Wildman–Crippen MR) is 19.5 cm³/mol. The Morgan fingerprint density at radius 1 is 1.12 bits per heavy atom. The summed E-state index contributed by atoms with van der Waals surface area (Å²) in [5.41, 5.74) is 0. The number of nitrogens with two attached hydrogens (primary N) is 1. The van der Waals surface area contributed by atoms with Crippen LogP contribution in [0.5, 0.6) is 0 Å². The van der Waals surface area contributed by atoms with E-state index in [2.05, 4.69) is 4.48 Å².